The molecule has 0 saturated heterocycles. The van der Waals surface area contributed by atoms with E-state index in [9.17, 15) is 5.11 Å². The maximum Gasteiger partial charge on any atom is 0.142 e. The third-order valence-corrected chi connectivity index (χ3v) is 5.39. The predicted octanol–water partition coefficient (Wildman–Crippen LogP) is 3.24. The molecule has 1 fully saturated rings. The van der Waals surface area contributed by atoms with Gasteiger partial charge in [-0.15, -0.1) is 11.3 Å². The van der Waals surface area contributed by atoms with E-state index in [-0.39, 0.29) is 0 Å². The highest BCUT2D eigenvalue weighted by Crippen LogP contribution is 2.26. The topological polar surface area (TPSA) is 58.0 Å². The Morgan fingerprint density at radius 2 is 2.09 bits per heavy atom. The zero-order valence-corrected chi connectivity index (χ0v) is 13.6. The fraction of sp³-hybridized carbons (Fsp3) is 0.529. The normalized spacial score (nSPS) is 22.4. The van der Waals surface area contributed by atoms with Gasteiger partial charge < -0.3 is 10.4 Å². The molecule has 22 heavy (non-hydrogen) atoms. The zero-order chi connectivity index (χ0) is 15.2. The molecule has 1 aliphatic rings. The summed E-state index contributed by atoms with van der Waals surface area (Å²) in [5.41, 5.74) is 0.932. The van der Waals surface area contributed by atoms with Crippen LogP contribution in [0.1, 0.15) is 37.0 Å². The molecule has 0 radical (unpaired) electrons. The first-order chi connectivity index (χ1) is 10.9. The van der Waals surface area contributed by atoms with Crippen LogP contribution in [0.3, 0.4) is 0 Å². The molecule has 2 atom stereocenters. The third kappa shape index (κ3) is 3.91. The maximum absolute atomic E-state index is 9.58. The Labute approximate surface area is 135 Å². The minimum Gasteiger partial charge on any atom is -0.396 e. The number of rotatable bonds is 5. The van der Waals surface area contributed by atoms with Crippen LogP contribution in [0, 0.1) is 5.92 Å². The summed E-state index contributed by atoms with van der Waals surface area (Å²) in [6, 6.07) is 6.32. The van der Waals surface area contributed by atoms with Crippen molar-refractivity contribution in [2.75, 3.05) is 6.61 Å². The summed E-state index contributed by atoms with van der Waals surface area (Å²) in [4.78, 5) is 10.0. The molecule has 1 saturated carbocycles. The van der Waals surface area contributed by atoms with Gasteiger partial charge in [0.1, 0.15) is 5.01 Å². The van der Waals surface area contributed by atoms with Crippen LogP contribution in [-0.2, 0) is 6.54 Å². The molecule has 5 heteroatoms. The summed E-state index contributed by atoms with van der Waals surface area (Å²) in [7, 11) is 0. The molecule has 2 heterocycles. The molecule has 2 N–H and O–H groups in total. The van der Waals surface area contributed by atoms with Crippen molar-refractivity contribution < 1.29 is 5.11 Å². The fourth-order valence-corrected chi connectivity index (χ4v) is 3.94. The second-order valence-electron chi connectivity index (χ2n) is 5.91. The molecule has 4 nitrogen and oxygen atoms in total. The molecule has 1 aliphatic carbocycles. The summed E-state index contributed by atoms with van der Waals surface area (Å²) in [6.45, 7) is 1.12. The lowest BCUT2D eigenvalue weighted by Crippen LogP contribution is -2.36. The Hall–Kier alpha value is -1.30. The number of aromatic nitrogens is 2. The lowest BCUT2D eigenvalue weighted by atomic mass is 9.96. The van der Waals surface area contributed by atoms with Crippen molar-refractivity contribution in [2.45, 2.75) is 44.7 Å². The van der Waals surface area contributed by atoms with Gasteiger partial charge in [-0.3, -0.25) is 4.98 Å². The molecular formula is C17H23N3OS. The van der Waals surface area contributed by atoms with Crippen molar-refractivity contribution in [2.24, 2.45) is 5.92 Å². The van der Waals surface area contributed by atoms with Crippen LogP contribution in [-0.4, -0.2) is 27.7 Å². The van der Waals surface area contributed by atoms with Crippen molar-refractivity contribution >= 4 is 11.3 Å². The molecule has 118 valence electrons. The molecule has 0 bridgehead atoms. The standard InChI is InChI=1S/C17H23N3OS/c21-12-13-6-2-1-3-7-15(13)19-10-14-11-20-17(22-14)16-8-4-5-9-18-16/h4-5,8-9,11,13,15,19,21H,1-3,6-7,10,12H2. The maximum atomic E-state index is 9.58. The number of hydrogen-bond acceptors (Lipinski definition) is 5. The Bertz CT molecular complexity index is 572. The highest BCUT2D eigenvalue weighted by molar-refractivity contribution is 7.14. The van der Waals surface area contributed by atoms with Crippen molar-refractivity contribution in [3.8, 4) is 10.7 Å². The highest BCUT2D eigenvalue weighted by atomic mass is 32.1. The van der Waals surface area contributed by atoms with E-state index in [1.54, 1.807) is 17.5 Å². The number of hydrogen-bond donors (Lipinski definition) is 2. The van der Waals surface area contributed by atoms with Gasteiger partial charge in [0.05, 0.1) is 5.69 Å². The number of nitrogens with zero attached hydrogens (tertiary/aromatic N) is 2. The fourth-order valence-electron chi connectivity index (χ4n) is 3.10. The van der Waals surface area contributed by atoms with Crippen molar-refractivity contribution in [3.63, 3.8) is 0 Å². The Morgan fingerprint density at radius 3 is 2.91 bits per heavy atom. The largest absolute Gasteiger partial charge is 0.396 e. The van der Waals surface area contributed by atoms with Crippen molar-refractivity contribution in [1.29, 1.82) is 0 Å². The van der Waals surface area contributed by atoms with E-state index in [2.05, 4.69) is 15.3 Å². The van der Waals surface area contributed by atoms with Crippen LogP contribution >= 0.6 is 11.3 Å². The van der Waals surface area contributed by atoms with Crippen LogP contribution in [0.2, 0.25) is 0 Å². The summed E-state index contributed by atoms with van der Waals surface area (Å²) in [6.07, 6.45) is 9.83. The van der Waals surface area contributed by atoms with Crippen LogP contribution < -0.4 is 5.32 Å². The number of thiazole rings is 1. The first kappa shape index (κ1) is 15.6. The molecular weight excluding hydrogens is 294 g/mol. The second-order valence-corrected chi connectivity index (χ2v) is 7.03. The van der Waals surface area contributed by atoms with E-state index in [1.165, 1.54) is 24.1 Å². The van der Waals surface area contributed by atoms with Gasteiger partial charge in [-0.25, -0.2) is 4.98 Å². The molecule has 0 spiro atoms. The SMILES string of the molecule is OCC1CCCCCC1NCc1cnc(-c2ccccn2)s1. The van der Waals surface area contributed by atoms with E-state index in [0.717, 1.165) is 30.1 Å². The first-order valence-corrected chi connectivity index (χ1v) is 8.89. The second kappa shape index (κ2) is 7.81. The van der Waals surface area contributed by atoms with Crippen LogP contribution in [0.5, 0.6) is 0 Å². The van der Waals surface area contributed by atoms with Gasteiger partial charge in [0.15, 0.2) is 0 Å². The first-order valence-electron chi connectivity index (χ1n) is 8.07. The Kier molecular flexibility index (Phi) is 5.53. The average molecular weight is 317 g/mol. The summed E-state index contributed by atoms with van der Waals surface area (Å²) in [5.74, 6) is 0.394. The van der Waals surface area contributed by atoms with Crippen molar-refractivity contribution in [3.05, 3.63) is 35.5 Å². The lowest BCUT2D eigenvalue weighted by molar-refractivity contribution is 0.181. The molecule has 2 aromatic rings. The highest BCUT2D eigenvalue weighted by Gasteiger charge is 2.22. The number of aliphatic hydroxyl groups is 1. The molecule has 0 amide bonds. The molecule has 3 rings (SSSR count). The van der Waals surface area contributed by atoms with E-state index in [4.69, 9.17) is 0 Å². The minimum atomic E-state index is 0.291. The predicted molar refractivity (Wildman–Crippen MR) is 89.6 cm³/mol. The Morgan fingerprint density at radius 1 is 1.18 bits per heavy atom. The summed E-state index contributed by atoms with van der Waals surface area (Å²) in [5, 5.41) is 14.2. The van der Waals surface area contributed by atoms with Crippen LogP contribution in [0.4, 0.5) is 0 Å². The lowest BCUT2D eigenvalue weighted by Gasteiger charge is -2.24. The molecule has 0 aromatic carbocycles. The van der Waals surface area contributed by atoms with Crippen LogP contribution in [0.15, 0.2) is 30.6 Å². The van der Waals surface area contributed by atoms with E-state index in [0.29, 0.717) is 18.6 Å². The van der Waals surface area contributed by atoms with Gasteiger partial charge in [0.2, 0.25) is 0 Å². The Balaban J connectivity index is 1.60. The van der Waals surface area contributed by atoms with Crippen molar-refractivity contribution in [1.82, 2.24) is 15.3 Å². The van der Waals surface area contributed by atoms with Gasteiger partial charge in [0, 0.05) is 36.5 Å². The van der Waals surface area contributed by atoms with Gasteiger partial charge in [0.25, 0.3) is 0 Å². The molecule has 2 unspecified atom stereocenters. The number of aliphatic hydroxyl groups excluding tert-OH is 1. The van der Waals surface area contributed by atoms with E-state index >= 15 is 0 Å². The third-order valence-electron chi connectivity index (χ3n) is 4.37. The van der Waals surface area contributed by atoms with Gasteiger partial charge in [-0.2, -0.15) is 0 Å². The number of nitrogens with one attached hydrogen (secondary N) is 1. The van der Waals surface area contributed by atoms with E-state index in [1.807, 2.05) is 24.4 Å². The minimum absolute atomic E-state index is 0.291. The summed E-state index contributed by atoms with van der Waals surface area (Å²) < 4.78 is 0. The van der Waals surface area contributed by atoms with E-state index < -0.39 is 0 Å². The van der Waals surface area contributed by atoms with Gasteiger partial charge in [-0.1, -0.05) is 25.3 Å². The van der Waals surface area contributed by atoms with Gasteiger partial charge >= 0.3 is 0 Å². The molecule has 0 aliphatic heterocycles. The quantitative estimate of drug-likeness (QED) is 0.831. The average Bonchev–Trinajstić information content (AvgIpc) is 2.92. The molecule has 2 aromatic heterocycles. The number of pyridine rings is 1. The zero-order valence-electron chi connectivity index (χ0n) is 12.7. The monoisotopic (exact) mass is 317 g/mol. The van der Waals surface area contributed by atoms with Crippen LogP contribution in [0.25, 0.3) is 10.7 Å². The smallest absolute Gasteiger partial charge is 0.142 e. The summed E-state index contributed by atoms with van der Waals surface area (Å²) >= 11 is 1.69. The van der Waals surface area contributed by atoms with Gasteiger partial charge in [-0.05, 0) is 30.9 Å².